The number of benzene rings is 1. The highest BCUT2D eigenvalue weighted by molar-refractivity contribution is 7.09. The third-order valence-electron chi connectivity index (χ3n) is 2.22. The van der Waals surface area contributed by atoms with E-state index in [0.717, 1.165) is 17.0 Å². The predicted molar refractivity (Wildman–Crippen MR) is 64.5 cm³/mol. The monoisotopic (exact) mass is 273 g/mol. The maximum absolute atomic E-state index is 12.6. The highest BCUT2D eigenvalue weighted by Crippen LogP contribution is 2.33. The van der Waals surface area contributed by atoms with Crippen molar-refractivity contribution < 1.29 is 17.9 Å². The molecule has 2 rings (SSSR count). The minimum absolute atomic E-state index is 0.0333. The first kappa shape index (κ1) is 12.8. The Balaban J connectivity index is 2.15. The van der Waals surface area contributed by atoms with Crippen LogP contribution in [0.25, 0.3) is 0 Å². The van der Waals surface area contributed by atoms with Crippen LogP contribution in [0.15, 0.2) is 35.7 Å². The number of anilines is 1. The van der Waals surface area contributed by atoms with Gasteiger partial charge in [-0.2, -0.15) is 13.2 Å². The Bertz CT molecular complexity index is 523. The van der Waals surface area contributed by atoms with Gasteiger partial charge in [0.15, 0.2) is 0 Å². The first-order valence-electron chi connectivity index (χ1n) is 5.08. The van der Waals surface area contributed by atoms with Crippen LogP contribution < -0.4 is 10.5 Å². The van der Waals surface area contributed by atoms with Crippen molar-refractivity contribution in [2.75, 3.05) is 5.73 Å². The molecule has 0 saturated heterocycles. The highest BCUT2D eigenvalue weighted by atomic mass is 32.1. The summed E-state index contributed by atoms with van der Waals surface area (Å²) in [4.78, 5) is 0.936. The number of nitrogen functional groups attached to an aromatic ring is 1. The van der Waals surface area contributed by atoms with Gasteiger partial charge in [-0.3, -0.25) is 0 Å². The van der Waals surface area contributed by atoms with Gasteiger partial charge in [0.1, 0.15) is 12.4 Å². The first-order chi connectivity index (χ1) is 8.45. The lowest BCUT2D eigenvalue weighted by Crippen LogP contribution is -2.06. The second kappa shape index (κ2) is 4.89. The second-order valence-corrected chi connectivity index (χ2v) is 4.69. The molecule has 0 aliphatic rings. The Morgan fingerprint density at radius 1 is 1.22 bits per heavy atom. The lowest BCUT2D eigenvalue weighted by molar-refractivity contribution is -0.137. The molecule has 0 fully saturated rings. The van der Waals surface area contributed by atoms with Crippen molar-refractivity contribution in [3.63, 3.8) is 0 Å². The summed E-state index contributed by atoms with van der Waals surface area (Å²) in [5.41, 5.74) is 4.66. The quantitative estimate of drug-likeness (QED) is 0.860. The molecule has 0 unspecified atom stereocenters. The van der Waals surface area contributed by atoms with Crippen LogP contribution in [0.3, 0.4) is 0 Å². The van der Waals surface area contributed by atoms with Crippen LogP contribution >= 0.6 is 11.3 Å². The van der Waals surface area contributed by atoms with Crippen molar-refractivity contribution in [3.8, 4) is 5.75 Å². The maximum Gasteiger partial charge on any atom is 0.416 e. The third-order valence-corrected chi connectivity index (χ3v) is 3.07. The molecule has 0 aliphatic carbocycles. The molecule has 0 bridgehead atoms. The Morgan fingerprint density at radius 3 is 2.61 bits per heavy atom. The fourth-order valence-electron chi connectivity index (χ4n) is 1.42. The SMILES string of the molecule is Nc1cc(OCc2cccs2)cc(C(F)(F)F)c1. The van der Waals surface area contributed by atoms with E-state index in [1.54, 1.807) is 0 Å². The van der Waals surface area contributed by atoms with E-state index in [1.807, 2.05) is 17.5 Å². The lowest BCUT2D eigenvalue weighted by atomic mass is 10.2. The molecular formula is C12H10F3NOS. The number of nitrogens with two attached hydrogens (primary N) is 1. The molecule has 1 aromatic carbocycles. The zero-order chi connectivity index (χ0) is 13.2. The van der Waals surface area contributed by atoms with Crippen molar-refractivity contribution >= 4 is 17.0 Å². The minimum atomic E-state index is -4.42. The van der Waals surface area contributed by atoms with Crippen LogP contribution in [0.4, 0.5) is 18.9 Å². The molecule has 2 nitrogen and oxygen atoms in total. The van der Waals surface area contributed by atoms with Gasteiger partial charge in [-0.25, -0.2) is 0 Å². The molecule has 0 spiro atoms. The van der Waals surface area contributed by atoms with Gasteiger partial charge in [0.05, 0.1) is 5.56 Å². The van der Waals surface area contributed by atoms with Crippen LogP contribution in [0, 0.1) is 0 Å². The summed E-state index contributed by atoms with van der Waals surface area (Å²) in [5.74, 6) is 0.121. The Kier molecular flexibility index (Phi) is 3.47. The van der Waals surface area contributed by atoms with E-state index in [2.05, 4.69) is 0 Å². The molecule has 0 radical (unpaired) electrons. The van der Waals surface area contributed by atoms with Crippen molar-refractivity contribution in [3.05, 3.63) is 46.2 Å². The summed E-state index contributed by atoms with van der Waals surface area (Å²) in [6.07, 6.45) is -4.42. The first-order valence-corrected chi connectivity index (χ1v) is 5.96. The molecule has 0 amide bonds. The molecule has 0 atom stereocenters. The Morgan fingerprint density at radius 2 is 2.00 bits per heavy atom. The van der Waals surface area contributed by atoms with Gasteiger partial charge in [0.2, 0.25) is 0 Å². The van der Waals surface area contributed by atoms with Crippen molar-refractivity contribution in [2.24, 2.45) is 0 Å². The summed E-state index contributed by atoms with van der Waals surface area (Å²) in [6, 6.07) is 6.91. The number of hydrogen-bond acceptors (Lipinski definition) is 3. The third kappa shape index (κ3) is 3.16. The van der Waals surface area contributed by atoms with E-state index in [4.69, 9.17) is 10.5 Å². The summed E-state index contributed by atoms with van der Waals surface area (Å²) < 4.78 is 43.0. The maximum atomic E-state index is 12.6. The fraction of sp³-hybridized carbons (Fsp3) is 0.167. The summed E-state index contributed by atoms with van der Waals surface area (Å²) in [7, 11) is 0. The van der Waals surface area contributed by atoms with Crippen molar-refractivity contribution in [2.45, 2.75) is 12.8 Å². The topological polar surface area (TPSA) is 35.2 Å². The molecular weight excluding hydrogens is 263 g/mol. The summed E-state index contributed by atoms with van der Waals surface area (Å²) in [5, 5.41) is 1.87. The van der Waals surface area contributed by atoms with E-state index in [-0.39, 0.29) is 18.0 Å². The van der Waals surface area contributed by atoms with Gasteiger partial charge in [0, 0.05) is 16.6 Å². The number of thiophene rings is 1. The molecule has 0 saturated carbocycles. The summed E-state index contributed by atoms with van der Waals surface area (Å²) in [6.45, 7) is 0.235. The van der Waals surface area contributed by atoms with Gasteiger partial charge in [-0.1, -0.05) is 6.07 Å². The molecule has 2 aromatic rings. The van der Waals surface area contributed by atoms with Gasteiger partial charge < -0.3 is 10.5 Å². The molecule has 18 heavy (non-hydrogen) atoms. The van der Waals surface area contributed by atoms with Crippen LogP contribution in [0.2, 0.25) is 0 Å². The van der Waals surface area contributed by atoms with Gasteiger partial charge in [0.25, 0.3) is 0 Å². The van der Waals surface area contributed by atoms with Crippen LogP contribution in [0.5, 0.6) is 5.75 Å². The number of ether oxygens (including phenoxy) is 1. The van der Waals surface area contributed by atoms with E-state index in [9.17, 15) is 13.2 Å². The molecule has 96 valence electrons. The zero-order valence-electron chi connectivity index (χ0n) is 9.20. The molecule has 1 heterocycles. The molecule has 6 heteroatoms. The number of alkyl halides is 3. The molecule has 2 N–H and O–H groups in total. The average molecular weight is 273 g/mol. The molecule has 1 aromatic heterocycles. The van der Waals surface area contributed by atoms with Crippen LogP contribution in [0.1, 0.15) is 10.4 Å². The van der Waals surface area contributed by atoms with Gasteiger partial charge in [-0.15, -0.1) is 11.3 Å². The van der Waals surface area contributed by atoms with Gasteiger partial charge in [-0.05, 0) is 23.6 Å². The minimum Gasteiger partial charge on any atom is -0.488 e. The van der Waals surface area contributed by atoms with Crippen molar-refractivity contribution in [1.82, 2.24) is 0 Å². The largest absolute Gasteiger partial charge is 0.488 e. The van der Waals surface area contributed by atoms with Crippen LogP contribution in [-0.4, -0.2) is 0 Å². The van der Waals surface area contributed by atoms with Gasteiger partial charge >= 0.3 is 6.18 Å². The highest BCUT2D eigenvalue weighted by Gasteiger charge is 2.31. The Labute approximate surface area is 106 Å². The van der Waals surface area contributed by atoms with E-state index in [0.29, 0.717) is 0 Å². The second-order valence-electron chi connectivity index (χ2n) is 3.66. The van der Waals surface area contributed by atoms with E-state index in [1.165, 1.54) is 17.4 Å². The zero-order valence-corrected chi connectivity index (χ0v) is 10.0. The summed E-state index contributed by atoms with van der Waals surface area (Å²) >= 11 is 1.48. The van der Waals surface area contributed by atoms with Crippen LogP contribution in [-0.2, 0) is 12.8 Å². The fourth-order valence-corrected chi connectivity index (χ4v) is 2.03. The smallest absolute Gasteiger partial charge is 0.416 e. The van der Waals surface area contributed by atoms with Crippen molar-refractivity contribution in [1.29, 1.82) is 0 Å². The molecule has 0 aliphatic heterocycles. The van der Waals surface area contributed by atoms with E-state index >= 15 is 0 Å². The standard InChI is InChI=1S/C12H10F3NOS/c13-12(14,15)8-4-9(16)6-10(5-8)17-7-11-2-1-3-18-11/h1-6H,7,16H2. The Hall–Kier alpha value is -1.69. The average Bonchev–Trinajstić information content (AvgIpc) is 2.77. The number of hydrogen-bond donors (Lipinski definition) is 1. The predicted octanol–water partition coefficient (Wildman–Crippen LogP) is 3.93. The van der Waals surface area contributed by atoms with E-state index < -0.39 is 11.7 Å². The normalized spacial score (nSPS) is 11.5. The number of halogens is 3. The lowest BCUT2D eigenvalue weighted by Gasteiger charge is -2.11. The number of rotatable bonds is 3.